The number of primary amides is 1. The second kappa shape index (κ2) is 11.3. The number of benzene rings is 2. The number of para-hydroxylation sites is 1. The van der Waals surface area contributed by atoms with Crippen molar-refractivity contribution in [2.45, 2.75) is 44.3 Å². The maximum absolute atomic E-state index is 12.2. The maximum atomic E-state index is 12.2. The van der Waals surface area contributed by atoms with Gasteiger partial charge in [0.05, 0.1) is 11.9 Å². The highest BCUT2D eigenvalue weighted by atomic mass is 16.2. The number of aromatic nitrogens is 3. The molecule has 9 heteroatoms. The first kappa shape index (κ1) is 26.3. The van der Waals surface area contributed by atoms with Crippen LogP contribution < -0.4 is 16.4 Å². The largest absolute Gasteiger partial charge is 0.383 e. The monoisotopic (exact) mass is 538 g/mol. The Morgan fingerprint density at radius 2 is 1.60 bits per heavy atom. The van der Waals surface area contributed by atoms with Gasteiger partial charge in [0.1, 0.15) is 17.8 Å². The molecule has 2 amide bonds. The van der Waals surface area contributed by atoms with Crippen molar-refractivity contribution in [3.05, 3.63) is 72.7 Å². The molecule has 1 aliphatic heterocycles. The highest BCUT2D eigenvalue weighted by Crippen LogP contribution is 2.39. The number of anilines is 2. The predicted octanol–water partition coefficient (Wildman–Crippen LogP) is 4.50. The number of nitrogens with two attached hydrogens (primary N) is 2. The minimum Gasteiger partial charge on any atom is -0.383 e. The summed E-state index contributed by atoms with van der Waals surface area (Å²) in [5.74, 6) is 0.498. The molecule has 1 aliphatic carbocycles. The van der Waals surface area contributed by atoms with Gasteiger partial charge in [0.25, 0.3) is 0 Å². The number of amides is 2. The maximum Gasteiger partial charge on any atom is 0.319 e. The van der Waals surface area contributed by atoms with Crippen molar-refractivity contribution in [1.82, 2.24) is 24.3 Å². The Labute approximate surface area is 235 Å². The molecule has 40 heavy (non-hydrogen) atoms. The van der Waals surface area contributed by atoms with E-state index in [1.165, 1.54) is 25.9 Å². The van der Waals surface area contributed by atoms with Gasteiger partial charge in [-0.2, -0.15) is 0 Å². The summed E-state index contributed by atoms with van der Waals surface area (Å²) >= 11 is 0. The fraction of sp³-hybridized carbons (Fsp3) is 0.387. The number of carbonyl (C=O) groups is 1. The van der Waals surface area contributed by atoms with E-state index in [0.29, 0.717) is 24.4 Å². The molecule has 0 spiro atoms. The molecule has 2 aromatic heterocycles. The lowest BCUT2D eigenvalue weighted by atomic mass is 9.89. The predicted molar refractivity (Wildman–Crippen MR) is 160 cm³/mol. The smallest absolute Gasteiger partial charge is 0.319 e. The summed E-state index contributed by atoms with van der Waals surface area (Å²) < 4.78 is 2.33. The molecule has 2 aliphatic rings. The van der Waals surface area contributed by atoms with Gasteiger partial charge in [-0.15, -0.1) is 0 Å². The molecule has 0 bridgehead atoms. The first-order valence-electron chi connectivity index (χ1n) is 14.2. The van der Waals surface area contributed by atoms with Crippen LogP contribution >= 0.6 is 0 Å². The normalized spacial score (nSPS) is 20.5. The average Bonchev–Trinajstić information content (AvgIpc) is 3.38. The summed E-state index contributed by atoms with van der Waals surface area (Å²) in [5, 5.41) is 0.902. The molecule has 1 saturated carbocycles. The van der Waals surface area contributed by atoms with E-state index in [1.807, 2.05) is 42.5 Å². The fourth-order valence-corrected chi connectivity index (χ4v) is 6.37. The Morgan fingerprint density at radius 3 is 2.27 bits per heavy atom. The van der Waals surface area contributed by atoms with E-state index >= 15 is 0 Å². The van der Waals surface area contributed by atoms with Crippen LogP contribution in [0.15, 0.2) is 67.1 Å². The Morgan fingerprint density at radius 1 is 0.925 bits per heavy atom. The van der Waals surface area contributed by atoms with Crippen LogP contribution in [0.1, 0.15) is 37.3 Å². The minimum absolute atomic E-state index is 0.392. The highest BCUT2D eigenvalue weighted by Gasteiger charge is 2.30. The number of fused-ring (bicyclic) bond motifs is 1. The lowest BCUT2D eigenvalue weighted by Crippen LogP contribution is -2.49. The molecule has 0 atom stereocenters. The molecule has 6 rings (SSSR count). The summed E-state index contributed by atoms with van der Waals surface area (Å²) in [5.41, 5.74) is 16.9. The van der Waals surface area contributed by atoms with E-state index in [9.17, 15) is 4.79 Å². The topological polar surface area (TPSA) is 110 Å². The van der Waals surface area contributed by atoms with Crippen LogP contribution in [0.25, 0.3) is 22.2 Å². The van der Waals surface area contributed by atoms with E-state index in [2.05, 4.69) is 49.7 Å². The van der Waals surface area contributed by atoms with Crippen LogP contribution in [0.5, 0.6) is 0 Å². The van der Waals surface area contributed by atoms with E-state index in [-0.39, 0.29) is 0 Å². The van der Waals surface area contributed by atoms with Crippen molar-refractivity contribution in [2.75, 3.05) is 43.9 Å². The van der Waals surface area contributed by atoms with E-state index in [0.717, 1.165) is 59.3 Å². The van der Waals surface area contributed by atoms with Crippen molar-refractivity contribution in [3.8, 4) is 11.1 Å². The third-order valence-electron chi connectivity index (χ3n) is 8.69. The number of likely N-dealkylation sites (N-methyl/N-ethyl adjacent to an activating group) is 1. The number of hydrogen-bond donors (Lipinski definition) is 2. The lowest BCUT2D eigenvalue weighted by Gasteiger charge is -2.41. The second-order valence-electron chi connectivity index (χ2n) is 11.2. The van der Waals surface area contributed by atoms with Gasteiger partial charge in [0, 0.05) is 55.7 Å². The van der Waals surface area contributed by atoms with Crippen molar-refractivity contribution in [2.24, 2.45) is 5.73 Å². The van der Waals surface area contributed by atoms with E-state index in [4.69, 9.17) is 11.5 Å². The molecular weight excluding hydrogens is 500 g/mol. The van der Waals surface area contributed by atoms with Gasteiger partial charge in [-0.25, -0.2) is 14.8 Å². The zero-order valence-corrected chi connectivity index (χ0v) is 23.1. The van der Waals surface area contributed by atoms with Crippen LogP contribution in [0.4, 0.5) is 16.3 Å². The zero-order valence-electron chi connectivity index (χ0n) is 23.1. The SMILES string of the molecule is CN1CCN(C2CCC(n3cc(-c4ccc(CN(C(N)=O)c5ccccc5)cc4)c4c(N)ncnc43)CC2)CC1. The van der Waals surface area contributed by atoms with Gasteiger partial charge >= 0.3 is 6.03 Å². The molecule has 0 unspecified atom stereocenters. The van der Waals surface area contributed by atoms with E-state index in [1.54, 1.807) is 11.2 Å². The average molecular weight is 539 g/mol. The van der Waals surface area contributed by atoms with Gasteiger partial charge < -0.3 is 20.9 Å². The lowest BCUT2D eigenvalue weighted by molar-refractivity contribution is 0.0828. The second-order valence-corrected chi connectivity index (χ2v) is 11.2. The zero-order chi connectivity index (χ0) is 27.6. The third kappa shape index (κ3) is 5.26. The number of nitrogens with zero attached hydrogens (tertiary/aromatic N) is 6. The summed E-state index contributed by atoms with van der Waals surface area (Å²) in [6.07, 6.45) is 8.45. The summed E-state index contributed by atoms with van der Waals surface area (Å²) in [4.78, 5) is 27.9. The quantitative estimate of drug-likeness (QED) is 0.374. The van der Waals surface area contributed by atoms with Crippen molar-refractivity contribution < 1.29 is 4.79 Å². The fourth-order valence-electron chi connectivity index (χ4n) is 6.37. The standard InChI is InChI=1S/C31H38N8O/c1-36-15-17-37(18-16-36)24-11-13-26(14-12-24)38-20-27(28-29(32)34-21-35-30(28)38)23-9-7-22(8-10-23)19-39(31(33)40)25-5-3-2-4-6-25/h2-10,20-21,24,26H,11-19H2,1H3,(H2,33,40)(H2,32,34,35). The minimum atomic E-state index is -0.481. The Balaban J connectivity index is 1.23. The van der Waals surface area contributed by atoms with Crippen LogP contribution in [0.3, 0.4) is 0 Å². The molecular formula is C31H38N8O. The first-order valence-corrected chi connectivity index (χ1v) is 14.2. The summed E-state index contributed by atoms with van der Waals surface area (Å²) in [6.45, 7) is 5.05. The molecule has 0 radical (unpaired) electrons. The number of urea groups is 1. The Bertz CT molecular complexity index is 1450. The number of nitrogen functional groups attached to an aromatic ring is 1. The molecule has 4 aromatic rings. The summed E-state index contributed by atoms with van der Waals surface area (Å²) in [7, 11) is 2.21. The number of piperazine rings is 1. The van der Waals surface area contributed by atoms with Gasteiger partial charge in [-0.3, -0.25) is 9.80 Å². The van der Waals surface area contributed by atoms with Gasteiger partial charge in [-0.05, 0) is 56.0 Å². The molecule has 2 aromatic carbocycles. The molecule has 9 nitrogen and oxygen atoms in total. The van der Waals surface area contributed by atoms with Crippen molar-refractivity contribution >= 4 is 28.6 Å². The Hall–Kier alpha value is -3.95. The molecule has 2 fully saturated rings. The molecule has 1 saturated heterocycles. The molecule has 3 heterocycles. The Kier molecular flexibility index (Phi) is 7.40. The van der Waals surface area contributed by atoms with Gasteiger partial charge in [0.2, 0.25) is 0 Å². The van der Waals surface area contributed by atoms with Crippen LogP contribution in [0, 0.1) is 0 Å². The van der Waals surface area contributed by atoms with Gasteiger partial charge in [0.15, 0.2) is 0 Å². The molecule has 4 N–H and O–H groups in total. The third-order valence-corrected chi connectivity index (χ3v) is 8.69. The molecule has 208 valence electrons. The van der Waals surface area contributed by atoms with Crippen molar-refractivity contribution in [3.63, 3.8) is 0 Å². The van der Waals surface area contributed by atoms with Crippen molar-refractivity contribution in [1.29, 1.82) is 0 Å². The summed E-state index contributed by atoms with van der Waals surface area (Å²) in [6, 6.07) is 18.3. The van der Waals surface area contributed by atoms with E-state index < -0.39 is 6.03 Å². The number of carbonyl (C=O) groups excluding carboxylic acids is 1. The van der Waals surface area contributed by atoms with Gasteiger partial charge in [-0.1, -0.05) is 42.5 Å². The first-order chi connectivity index (χ1) is 19.5. The van der Waals surface area contributed by atoms with Crippen LogP contribution in [-0.2, 0) is 6.54 Å². The highest BCUT2D eigenvalue weighted by molar-refractivity contribution is 6.00. The van der Waals surface area contributed by atoms with Crippen LogP contribution in [0.2, 0.25) is 0 Å². The van der Waals surface area contributed by atoms with Crippen LogP contribution in [-0.4, -0.2) is 69.6 Å². The number of hydrogen-bond acceptors (Lipinski definition) is 6. The number of rotatable bonds is 6.